The third kappa shape index (κ3) is 5.57. The normalized spacial score (nSPS) is 11.6. The van der Waals surface area contributed by atoms with Crippen molar-refractivity contribution < 1.29 is 23.8 Å². The zero-order chi connectivity index (χ0) is 19.8. The standard InChI is InChI=1S/C17H21N3O5S2/c1-5-13(26-9-14(21)25-4)15(22)18-17-20-19-16(27-17)11-7-6-10(23-2)8-12(11)24-3/h6-8,13H,5,9H2,1-4H3,(H,18,20,22)/t13-/m0/s1. The van der Waals surface area contributed by atoms with Gasteiger partial charge in [-0.25, -0.2) is 0 Å². The second-order valence-electron chi connectivity index (χ2n) is 5.25. The number of nitrogens with zero attached hydrogens (tertiary/aromatic N) is 2. The Labute approximate surface area is 165 Å². The molecule has 1 amide bonds. The van der Waals surface area contributed by atoms with Crippen LogP contribution in [0, 0.1) is 0 Å². The van der Waals surface area contributed by atoms with Gasteiger partial charge in [-0.2, -0.15) is 0 Å². The van der Waals surface area contributed by atoms with E-state index in [0.717, 1.165) is 5.56 Å². The van der Waals surface area contributed by atoms with Gasteiger partial charge in [-0.05, 0) is 18.6 Å². The number of carbonyl (C=O) groups excluding carboxylic acids is 2. The number of anilines is 1. The molecule has 8 nitrogen and oxygen atoms in total. The lowest BCUT2D eigenvalue weighted by atomic mass is 10.2. The Hall–Kier alpha value is -2.33. The summed E-state index contributed by atoms with van der Waals surface area (Å²) in [5.41, 5.74) is 0.753. The Morgan fingerprint density at radius 1 is 1.22 bits per heavy atom. The molecular formula is C17H21N3O5S2. The van der Waals surface area contributed by atoms with Crippen molar-refractivity contribution in [3.63, 3.8) is 0 Å². The van der Waals surface area contributed by atoms with Gasteiger partial charge < -0.3 is 14.2 Å². The van der Waals surface area contributed by atoms with Crippen molar-refractivity contribution in [2.24, 2.45) is 0 Å². The summed E-state index contributed by atoms with van der Waals surface area (Å²) in [5, 5.41) is 11.5. The highest BCUT2D eigenvalue weighted by atomic mass is 32.2. The second kappa shape index (κ2) is 10.1. The van der Waals surface area contributed by atoms with Crippen LogP contribution < -0.4 is 14.8 Å². The van der Waals surface area contributed by atoms with Gasteiger partial charge in [-0.15, -0.1) is 22.0 Å². The molecule has 1 atom stereocenters. The molecule has 1 heterocycles. The van der Waals surface area contributed by atoms with E-state index >= 15 is 0 Å². The number of esters is 1. The number of nitrogens with one attached hydrogen (secondary N) is 1. The van der Waals surface area contributed by atoms with Crippen LogP contribution in [-0.4, -0.2) is 54.4 Å². The Bertz CT molecular complexity index is 797. The van der Waals surface area contributed by atoms with Gasteiger partial charge in [0.15, 0.2) is 5.01 Å². The molecule has 0 spiro atoms. The van der Waals surface area contributed by atoms with Gasteiger partial charge in [0.1, 0.15) is 11.5 Å². The molecule has 0 aliphatic rings. The molecule has 2 rings (SSSR count). The number of ether oxygens (including phenoxy) is 3. The number of thioether (sulfide) groups is 1. The van der Waals surface area contributed by atoms with Crippen molar-refractivity contribution in [2.45, 2.75) is 18.6 Å². The average molecular weight is 412 g/mol. The number of benzene rings is 1. The van der Waals surface area contributed by atoms with Gasteiger partial charge in [0, 0.05) is 6.07 Å². The van der Waals surface area contributed by atoms with Crippen molar-refractivity contribution in [2.75, 3.05) is 32.4 Å². The van der Waals surface area contributed by atoms with Crippen LogP contribution in [0.15, 0.2) is 18.2 Å². The monoisotopic (exact) mass is 411 g/mol. The Morgan fingerprint density at radius 3 is 2.63 bits per heavy atom. The molecule has 2 aromatic rings. The first-order valence-electron chi connectivity index (χ1n) is 8.07. The van der Waals surface area contributed by atoms with Gasteiger partial charge in [-0.1, -0.05) is 18.3 Å². The van der Waals surface area contributed by atoms with Gasteiger partial charge in [0.2, 0.25) is 11.0 Å². The van der Waals surface area contributed by atoms with Gasteiger partial charge in [0.05, 0.1) is 37.9 Å². The van der Waals surface area contributed by atoms with E-state index in [2.05, 4.69) is 20.3 Å². The molecule has 27 heavy (non-hydrogen) atoms. The van der Waals surface area contributed by atoms with Crippen LogP contribution in [0.3, 0.4) is 0 Å². The topological polar surface area (TPSA) is 99.6 Å². The Kier molecular flexibility index (Phi) is 7.86. The maximum Gasteiger partial charge on any atom is 0.315 e. The van der Waals surface area contributed by atoms with E-state index in [1.54, 1.807) is 26.4 Å². The summed E-state index contributed by atoms with van der Waals surface area (Å²) < 4.78 is 15.2. The predicted octanol–water partition coefficient (Wildman–Crippen LogP) is 2.85. The van der Waals surface area contributed by atoms with Crippen LogP contribution in [-0.2, 0) is 14.3 Å². The third-order valence-corrected chi connectivity index (χ3v) is 5.81. The molecule has 0 fully saturated rings. The summed E-state index contributed by atoms with van der Waals surface area (Å²) in [6.07, 6.45) is 0.575. The number of hydrogen-bond acceptors (Lipinski definition) is 9. The van der Waals surface area contributed by atoms with Crippen molar-refractivity contribution in [3.8, 4) is 22.1 Å². The van der Waals surface area contributed by atoms with Gasteiger partial charge in [-0.3, -0.25) is 14.9 Å². The zero-order valence-electron chi connectivity index (χ0n) is 15.5. The van der Waals surface area contributed by atoms with Gasteiger partial charge in [0.25, 0.3) is 0 Å². The first-order valence-corrected chi connectivity index (χ1v) is 9.94. The molecule has 0 aliphatic heterocycles. The quantitative estimate of drug-likeness (QED) is 0.629. The van der Waals surface area contributed by atoms with Crippen LogP contribution in [0.2, 0.25) is 0 Å². The molecule has 146 valence electrons. The van der Waals surface area contributed by atoms with Gasteiger partial charge >= 0.3 is 5.97 Å². The summed E-state index contributed by atoms with van der Waals surface area (Å²) in [6.45, 7) is 1.88. The number of carbonyl (C=O) groups is 2. The Morgan fingerprint density at radius 2 is 2.00 bits per heavy atom. The smallest absolute Gasteiger partial charge is 0.315 e. The molecular weight excluding hydrogens is 390 g/mol. The minimum atomic E-state index is -0.382. The lowest BCUT2D eigenvalue weighted by molar-refractivity contribution is -0.137. The molecule has 0 radical (unpaired) electrons. The SMILES string of the molecule is CC[C@H](SCC(=O)OC)C(=O)Nc1nnc(-c2ccc(OC)cc2OC)s1. The predicted molar refractivity (Wildman–Crippen MR) is 106 cm³/mol. The molecule has 0 saturated carbocycles. The van der Waals surface area contributed by atoms with E-state index in [4.69, 9.17) is 9.47 Å². The van der Waals surface area contributed by atoms with Crippen molar-refractivity contribution >= 4 is 40.1 Å². The molecule has 0 bridgehead atoms. The lowest BCUT2D eigenvalue weighted by Crippen LogP contribution is -2.25. The summed E-state index contributed by atoms with van der Waals surface area (Å²) in [5.74, 6) is 0.796. The van der Waals surface area contributed by atoms with Crippen LogP contribution in [0.25, 0.3) is 10.6 Å². The van der Waals surface area contributed by atoms with E-state index < -0.39 is 0 Å². The van der Waals surface area contributed by atoms with Crippen molar-refractivity contribution in [1.82, 2.24) is 10.2 Å². The number of rotatable bonds is 9. The van der Waals surface area contributed by atoms with Crippen LogP contribution in [0.1, 0.15) is 13.3 Å². The van der Waals surface area contributed by atoms with E-state index in [-0.39, 0.29) is 22.9 Å². The molecule has 1 N–H and O–H groups in total. The van der Waals surface area contributed by atoms with Crippen LogP contribution in [0.4, 0.5) is 5.13 Å². The molecule has 10 heteroatoms. The van der Waals surface area contributed by atoms with E-state index in [1.165, 1.54) is 30.2 Å². The molecule has 1 aromatic carbocycles. The molecule has 0 unspecified atom stereocenters. The van der Waals surface area contributed by atoms with E-state index in [0.29, 0.717) is 28.1 Å². The fourth-order valence-corrected chi connectivity index (χ4v) is 3.83. The van der Waals surface area contributed by atoms with Crippen molar-refractivity contribution in [3.05, 3.63) is 18.2 Å². The largest absolute Gasteiger partial charge is 0.497 e. The lowest BCUT2D eigenvalue weighted by Gasteiger charge is -2.12. The average Bonchev–Trinajstić information content (AvgIpc) is 3.15. The molecule has 1 aromatic heterocycles. The third-order valence-electron chi connectivity index (χ3n) is 3.59. The highest BCUT2D eigenvalue weighted by Crippen LogP contribution is 2.36. The zero-order valence-corrected chi connectivity index (χ0v) is 17.1. The highest BCUT2D eigenvalue weighted by Gasteiger charge is 2.21. The fraction of sp³-hybridized carbons (Fsp3) is 0.412. The minimum Gasteiger partial charge on any atom is -0.497 e. The summed E-state index contributed by atoms with van der Waals surface area (Å²) in [7, 11) is 4.46. The number of amides is 1. The fourth-order valence-electron chi connectivity index (χ4n) is 2.15. The number of methoxy groups -OCH3 is 3. The summed E-state index contributed by atoms with van der Waals surface area (Å²) in [6, 6.07) is 5.38. The van der Waals surface area contributed by atoms with Crippen molar-refractivity contribution in [1.29, 1.82) is 0 Å². The van der Waals surface area contributed by atoms with E-state index in [1.807, 2.05) is 13.0 Å². The first-order chi connectivity index (χ1) is 13.0. The minimum absolute atomic E-state index is 0.118. The molecule has 0 aliphatic carbocycles. The summed E-state index contributed by atoms with van der Waals surface area (Å²) in [4.78, 5) is 23.7. The van der Waals surface area contributed by atoms with E-state index in [9.17, 15) is 9.59 Å². The number of hydrogen-bond donors (Lipinski definition) is 1. The Balaban J connectivity index is 2.09. The first kappa shape index (κ1) is 21.0. The number of aromatic nitrogens is 2. The van der Waals surface area contributed by atoms with Crippen LogP contribution in [0.5, 0.6) is 11.5 Å². The maximum atomic E-state index is 12.4. The second-order valence-corrected chi connectivity index (χ2v) is 7.42. The maximum absolute atomic E-state index is 12.4. The highest BCUT2D eigenvalue weighted by molar-refractivity contribution is 8.01. The molecule has 0 saturated heterocycles. The summed E-state index contributed by atoms with van der Waals surface area (Å²) >= 11 is 2.47. The van der Waals surface area contributed by atoms with Crippen LogP contribution >= 0.6 is 23.1 Å².